The maximum absolute atomic E-state index is 13.3. The smallest absolute Gasteiger partial charge is 0.254 e. The first kappa shape index (κ1) is 28.0. The van der Waals surface area contributed by atoms with Crippen LogP contribution in [0.1, 0.15) is 53.1 Å². The lowest BCUT2D eigenvalue weighted by Crippen LogP contribution is -2.38. The summed E-state index contributed by atoms with van der Waals surface area (Å²) in [4.78, 5) is 36.8. The number of amides is 2. The highest BCUT2D eigenvalue weighted by atomic mass is 35.5. The Hall–Kier alpha value is -3.53. The largest absolute Gasteiger partial charge is 0.491 e. The first-order valence-corrected chi connectivity index (χ1v) is 13.9. The van der Waals surface area contributed by atoms with Crippen LogP contribution < -0.4 is 10.1 Å². The van der Waals surface area contributed by atoms with E-state index in [9.17, 15) is 9.59 Å². The number of rotatable bonds is 10. The molecule has 0 saturated carbocycles. The van der Waals surface area contributed by atoms with Gasteiger partial charge < -0.3 is 24.8 Å². The minimum Gasteiger partial charge on any atom is -0.491 e. The zero-order chi connectivity index (χ0) is 28.1. The van der Waals surface area contributed by atoms with Crippen molar-refractivity contribution in [1.82, 2.24) is 20.2 Å². The molecule has 1 fully saturated rings. The van der Waals surface area contributed by atoms with Crippen molar-refractivity contribution in [3.63, 3.8) is 0 Å². The number of carbonyl (C=O) groups is 2. The minimum absolute atomic E-state index is 0.0581. The van der Waals surface area contributed by atoms with E-state index in [0.29, 0.717) is 34.5 Å². The number of nitrogens with zero attached hydrogens (tertiary/aromatic N) is 3. The number of aliphatic hydroxyl groups excluding tert-OH is 1. The first-order chi connectivity index (χ1) is 19.4. The number of benzene rings is 2. The molecule has 0 radical (unpaired) electrons. The Morgan fingerprint density at radius 2 is 2.08 bits per heavy atom. The van der Waals surface area contributed by atoms with Crippen molar-refractivity contribution < 1.29 is 24.2 Å². The number of ether oxygens (including phenoxy) is 2. The molecule has 0 bridgehead atoms. The van der Waals surface area contributed by atoms with Gasteiger partial charge in [0.05, 0.1) is 23.4 Å². The van der Waals surface area contributed by atoms with Crippen molar-refractivity contribution in [1.29, 1.82) is 0 Å². The molecule has 0 aliphatic carbocycles. The summed E-state index contributed by atoms with van der Waals surface area (Å²) in [5.74, 6) is 1.37. The lowest BCUT2D eigenvalue weighted by Gasteiger charge is -2.21. The first-order valence-electron chi connectivity index (χ1n) is 13.6. The third kappa shape index (κ3) is 6.60. The molecule has 2 aliphatic heterocycles. The summed E-state index contributed by atoms with van der Waals surface area (Å²) in [6.45, 7) is 3.82. The monoisotopic (exact) mass is 564 g/mol. The SMILES string of the molecule is C[C@@H](NC(=O)CN1Cc2ccc(-c3nc(CC4CCOCC4)ncc3Cl)cc2C1=O)c1cccc(OCCO)c1. The standard InChI is InChI=1S/C30H33ClN4O5/c1-19(21-3-2-4-24(14-21)40-12-9-36)33-28(37)18-35-17-23-6-5-22(15-25(23)30(35)38)29-26(31)16-32-27(34-29)13-20-7-10-39-11-8-20/h2-6,14-16,19-20,36H,7-13,17-18H2,1H3,(H,33,37)/t19-/m1/s1. The van der Waals surface area contributed by atoms with E-state index < -0.39 is 0 Å². The van der Waals surface area contributed by atoms with E-state index in [2.05, 4.69) is 10.3 Å². The normalized spacial score (nSPS) is 16.1. The van der Waals surface area contributed by atoms with Gasteiger partial charge in [0.2, 0.25) is 5.91 Å². The van der Waals surface area contributed by atoms with Crippen LogP contribution in [0, 0.1) is 5.92 Å². The molecule has 2 N–H and O–H groups in total. The van der Waals surface area contributed by atoms with Gasteiger partial charge in [0.1, 0.15) is 24.7 Å². The van der Waals surface area contributed by atoms with Gasteiger partial charge in [-0.05, 0) is 55.0 Å². The van der Waals surface area contributed by atoms with Crippen LogP contribution in [0.2, 0.25) is 5.02 Å². The highest BCUT2D eigenvalue weighted by Gasteiger charge is 2.30. The summed E-state index contributed by atoms with van der Waals surface area (Å²) in [6.07, 6.45) is 4.36. The third-order valence-electron chi connectivity index (χ3n) is 7.30. The van der Waals surface area contributed by atoms with E-state index in [1.54, 1.807) is 12.3 Å². The Labute approximate surface area is 238 Å². The van der Waals surface area contributed by atoms with E-state index in [-0.39, 0.29) is 37.6 Å². The van der Waals surface area contributed by atoms with E-state index in [0.717, 1.165) is 55.0 Å². The molecule has 210 valence electrons. The van der Waals surface area contributed by atoms with Gasteiger partial charge in [-0.3, -0.25) is 9.59 Å². The summed E-state index contributed by atoms with van der Waals surface area (Å²) >= 11 is 6.48. The second-order valence-corrected chi connectivity index (χ2v) is 10.6. The van der Waals surface area contributed by atoms with Crippen molar-refractivity contribution in [3.05, 3.63) is 76.2 Å². The average molecular weight is 565 g/mol. The average Bonchev–Trinajstić information content (AvgIpc) is 3.27. The Kier molecular flexibility index (Phi) is 8.94. The lowest BCUT2D eigenvalue weighted by atomic mass is 9.96. The number of carbonyl (C=O) groups excluding carboxylic acids is 2. The van der Waals surface area contributed by atoms with Gasteiger partial charge >= 0.3 is 0 Å². The third-order valence-corrected chi connectivity index (χ3v) is 7.57. The van der Waals surface area contributed by atoms with Gasteiger partial charge in [-0.2, -0.15) is 0 Å². The van der Waals surface area contributed by atoms with Gasteiger partial charge in [-0.25, -0.2) is 9.97 Å². The van der Waals surface area contributed by atoms with Crippen LogP contribution in [0.5, 0.6) is 5.75 Å². The van der Waals surface area contributed by atoms with Gasteiger partial charge in [0.15, 0.2) is 0 Å². The molecule has 5 rings (SSSR count). The minimum atomic E-state index is -0.285. The lowest BCUT2D eigenvalue weighted by molar-refractivity contribution is -0.122. The van der Waals surface area contributed by atoms with E-state index in [4.69, 9.17) is 31.2 Å². The summed E-state index contributed by atoms with van der Waals surface area (Å²) in [7, 11) is 0. The molecule has 1 aromatic heterocycles. The summed E-state index contributed by atoms with van der Waals surface area (Å²) < 4.78 is 10.9. The fourth-order valence-electron chi connectivity index (χ4n) is 5.13. The van der Waals surface area contributed by atoms with Crippen LogP contribution in [0.25, 0.3) is 11.3 Å². The highest BCUT2D eigenvalue weighted by molar-refractivity contribution is 6.32. The molecular formula is C30H33ClN4O5. The number of nitrogens with one attached hydrogen (secondary N) is 1. The van der Waals surface area contributed by atoms with Crippen LogP contribution in [-0.2, 0) is 22.5 Å². The van der Waals surface area contributed by atoms with Crippen molar-refractivity contribution in [2.75, 3.05) is 33.0 Å². The van der Waals surface area contributed by atoms with E-state index in [1.165, 1.54) is 4.90 Å². The molecule has 40 heavy (non-hydrogen) atoms. The summed E-state index contributed by atoms with van der Waals surface area (Å²) in [5.41, 5.74) is 3.62. The number of aromatic nitrogens is 2. The molecule has 0 unspecified atom stereocenters. The van der Waals surface area contributed by atoms with Crippen LogP contribution in [0.3, 0.4) is 0 Å². The quantitative estimate of drug-likeness (QED) is 0.383. The van der Waals surface area contributed by atoms with Crippen molar-refractivity contribution in [2.45, 2.75) is 38.8 Å². The summed E-state index contributed by atoms with van der Waals surface area (Å²) in [6, 6.07) is 12.7. The molecule has 1 saturated heterocycles. The number of aliphatic hydroxyl groups is 1. The molecule has 10 heteroatoms. The topological polar surface area (TPSA) is 114 Å². The number of fused-ring (bicyclic) bond motifs is 1. The molecule has 9 nitrogen and oxygen atoms in total. The van der Waals surface area contributed by atoms with Crippen molar-refractivity contribution in [2.24, 2.45) is 5.92 Å². The maximum atomic E-state index is 13.3. The zero-order valence-corrected chi connectivity index (χ0v) is 23.2. The Morgan fingerprint density at radius 1 is 1.25 bits per heavy atom. The Bertz CT molecular complexity index is 1380. The fourth-order valence-corrected chi connectivity index (χ4v) is 5.33. The maximum Gasteiger partial charge on any atom is 0.254 e. The van der Waals surface area contributed by atoms with Crippen LogP contribution in [0.15, 0.2) is 48.7 Å². The Morgan fingerprint density at radius 3 is 2.88 bits per heavy atom. The molecule has 3 aromatic rings. The van der Waals surface area contributed by atoms with Crippen LogP contribution in [-0.4, -0.2) is 64.8 Å². The van der Waals surface area contributed by atoms with Crippen molar-refractivity contribution in [3.8, 4) is 17.0 Å². The van der Waals surface area contributed by atoms with Gasteiger partial charge in [0.25, 0.3) is 5.91 Å². The molecular weight excluding hydrogens is 532 g/mol. The second-order valence-electron chi connectivity index (χ2n) is 10.2. The van der Waals surface area contributed by atoms with Crippen LogP contribution >= 0.6 is 11.6 Å². The predicted molar refractivity (Wildman–Crippen MR) is 150 cm³/mol. The fraction of sp³-hybridized carbons (Fsp3) is 0.400. The molecule has 3 heterocycles. The van der Waals surface area contributed by atoms with Crippen LogP contribution in [0.4, 0.5) is 0 Å². The number of hydrogen-bond acceptors (Lipinski definition) is 7. The van der Waals surface area contributed by atoms with Gasteiger partial charge in [-0.15, -0.1) is 0 Å². The predicted octanol–water partition coefficient (Wildman–Crippen LogP) is 3.97. The number of hydrogen-bond donors (Lipinski definition) is 2. The summed E-state index contributed by atoms with van der Waals surface area (Å²) in [5, 5.41) is 12.4. The van der Waals surface area contributed by atoms with Crippen molar-refractivity contribution >= 4 is 23.4 Å². The Balaban J connectivity index is 1.23. The molecule has 2 aliphatic rings. The van der Waals surface area contributed by atoms with E-state index in [1.807, 2.05) is 43.3 Å². The zero-order valence-electron chi connectivity index (χ0n) is 22.4. The van der Waals surface area contributed by atoms with Gasteiger partial charge in [0, 0.05) is 43.5 Å². The van der Waals surface area contributed by atoms with Gasteiger partial charge in [-0.1, -0.05) is 35.9 Å². The molecule has 2 aromatic carbocycles. The molecule has 0 spiro atoms. The molecule has 2 amide bonds. The number of halogens is 1. The van der Waals surface area contributed by atoms with E-state index >= 15 is 0 Å². The second kappa shape index (κ2) is 12.8. The molecule has 1 atom stereocenters. The highest BCUT2D eigenvalue weighted by Crippen LogP contribution is 2.31.